The van der Waals surface area contributed by atoms with Gasteiger partial charge in [-0.05, 0) is 84.9 Å². The van der Waals surface area contributed by atoms with E-state index in [4.69, 9.17) is 33.4 Å². The van der Waals surface area contributed by atoms with Crippen LogP contribution in [0.5, 0.6) is 34.5 Å². The van der Waals surface area contributed by atoms with E-state index in [1.54, 1.807) is 0 Å². The zero-order valence-corrected chi connectivity index (χ0v) is 24.8. The summed E-state index contributed by atoms with van der Waals surface area (Å²) < 4.78 is 76.9. The lowest BCUT2D eigenvalue weighted by Gasteiger charge is -2.16. The van der Waals surface area contributed by atoms with Gasteiger partial charge in [-0.2, -0.15) is 16.8 Å². The van der Waals surface area contributed by atoms with E-state index in [2.05, 4.69) is 0 Å². The molecule has 2 N–H and O–H groups in total. The van der Waals surface area contributed by atoms with Crippen LogP contribution >= 0.6 is 0 Å². The minimum Gasteiger partial charge on any atom is -0.457 e. The quantitative estimate of drug-likeness (QED) is 0.155. The van der Waals surface area contributed by atoms with Crippen LogP contribution in [0.4, 0.5) is 0 Å². The maximum absolute atomic E-state index is 12.8. The second-order valence-corrected chi connectivity index (χ2v) is 12.7. The first kappa shape index (κ1) is 30.8. The summed E-state index contributed by atoms with van der Waals surface area (Å²) >= 11 is 0. The lowest BCUT2D eigenvalue weighted by molar-refractivity contribution is -0.128. The Morgan fingerprint density at radius 1 is 0.489 bits per heavy atom. The van der Waals surface area contributed by atoms with Gasteiger partial charge in [-0.1, -0.05) is 0 Å². The number of carbonyl (C=O) groups is 4. The molecule has 0 bridgehead atoms. The highest BCUT2D eigenvalue weighted by Crippen LogP contribution is 2.32. The number of ketones is 2. The van der Waals surface area contributed by atoms with Crippen molar-refractivity contribution in [2.24, 2.45) is 0 Å². The van der Waals surface area contributed by atoms with Gasteiger partial charge in [0, 0.05) is 0 Å². The molecule has 15 nitrogen and oxygen atoms in total. The molecule has 0 unspecified atom stereocenters. The van der Waals surface area contributed by atoms with E-state index in [1.165, 1.54) is 72.8 Å². The largest absolute Gasteiger partial charge is 0.457 e. The van der Waals surface area contributed by atoms with Crippen molar-refractivity contribution >= 4 is 55.2 Å². The van der Waals surface area contributed by atoms with Gasteiger partial charge in [-0.15, -0.1) is 0 Å². The van der Waals surface area contributed by atoms with E-state index in [-0.39, 0.29) is 55.4 Å². The zero-order valence-electron chi connectivity index (χ0n) is 23.2. The Bertz CT molecular complexity index is 2130. The first-order valence-electron chi connectivity index (χ1n) is 13.0. The number of hydrogen-bond donors (Lipinski definition) is 2. The number of ether oxygens (including phenoxy) is 3. The van der Waals surface area contributed by atoms with Crippen molar-refractivity contribution < 1.29 is 58.6 Å². The van der Waals surface area contributed by atoms with Crippen LogP contribution in [-0.2, 0) is 29.8 Å². The first-order chi connectivity index (χ1) is 22.2. The van der Waals surface area contributed by atoms with Gasteiger partial charge >= 0.3 is 32.2 Å². The summed E-state index contributed by atoms with van der Waals surface area (Å²) in [6.45, 7) is 0. The van der Waals surface area contributed by atoms with Crippen molar-refractivity contribution in [3.05, 3.63) is 96.1 Å². The normalized spacial score (nSPS) is 14.5. The molecule has 236 valence electrons. The van der Waals surface area contributed by atoms with Gasteiger partial charge in [0.1, 0.15) is 44.3 Å². The molecule has 0 fully saturated rings. The molecule has 0 spiro atoms. The average molecular weight is 677 g/mol. The van der Waals surface area contributed by atoms with Crippen LogP contribution in [0, 0.1) is 10.8 Å². The Kier molecular flexibility index (Phi) is 7.41. The summed E-state index contributed by atoms with van der Waals surface area (Å²) in [6.07, 6.45) is 0. The molecule has 47 heavy (non-hydrogen) atoms. The molecule has 0 aromatic heterocycles. The summed E-state index contributed by atoms with van der Waals surface area (Å²) in [5, 5.41) is 15.0. The molecule has 6 rings (SSSR count). The smallest absolute Gasteiger partial charge is 0.365 e. The van der Waals surface area contributed by atoms with Gasteiger partial charge < -0.3 is 22.6 Å². The Hall–Kier alpha value is -6.20. The predicted octanol–water partition coefficient (Wildman–Crippen LogP) is 3.26. The standard InChI is InChI=1S/C30H16N2O13S2/c31-25-27(33)21-13-17(5-11-23(21)42-29(25)35)44-46(37,38)19-7-1-15(2-8-19)41-16-3-9-20(10-4-16)47(39,40)45-18-6-12-24-22(14-18)28(34)26(32)30(36)43-24/h1-14,31-32H. The first-order valence-corrected chi connectivity index (χ1v) is 15.8. The number of hydrogen-bond acceptors (Lipinski definition) is 15. The van der Waals surface area contributed by atoms with E-state index in [1.807, 2.05) is 0 Å². The Balaban J connectivity index is 1.11. The summed E-state index contributed by atoms with van der Waals surface area (Å²) in [7, 11) is -8.78. The van der Waals surface area contributed by atoms with Crippen LogP contribution in [0.25, 0.3) is 0 Å². The summed E-state index contributed by atoms with van der Waals surface area (Å²) in [5.41, 5.74) is -2.22. The lowest BCUT2D eigenvalue weighted by Crippen LogP contribution is -2.33. The molecular formula is C30H16N2O13S2. The minimum atomic E-state index is -4.39. The third-order valence-corrected chi connectivity index (χ3v) is 9.05. The fraction of sp³-hybridized carbons (Fsp3) is 0. The van der Waals surface area contributed by atoms with Gasteiger partial charge in [-0.3, -0.25) is 20.4 Å². The molecule has 0 aliphatic carbocycles. The lowest BCUT2D eigenvalue weighted by atomic mass is 10.0. The van der Waals surface area contributed by atoms with Gasteiger partial charge in [0.05, 0.1) is 11.1 Å². The van der Waals surface area contributed by atoms with Crippen LogP contribution in [0.15, 0.2) is 94.7 Å². The Morgan fingerprint density at radius 3 is 1.19 bits per heavy atom. The Labute approximate surface area is 264 Å². The highest BCUT2D eigenvalue weighted by Gasteiger charge is 2.33. The monoisotopic (exact) mass is 676 g/mol. The third kappa shape index (κ3) is 5.95. The maximum atomic E-state index is 12.8. The van der Waals surface area contributed by atoms with Crippen molar-refractivity contribution in [3.63, 3.8) is 0 Å². The van der Waals surface area contributed by atoms with Crippen molar-refractivity contribution in [3.8, 4) is 34.5 Å². The molecule has 17 heteroatoms. The molecule has 4 aromatic carbocycles. The number of fused-ring (bicyclic) bond motifs is 2. The van der Waals surface area contributed by atoms with Crippen molar-refractivity contribution in [1.82, 2.24) is 0 Å². The van der Waals surface area contributed by atoms with Crippen LogP contribution in [0.2, 0.25) is 0 Å². The SMILES string of the molecule is N=C1C(=O)Oc2ccc(OS(=O)(=O)c3ccc(Oc4ccc(S(=O)(=O)Oc5ccc6c(c5)C(=O)C(=N)C(=O)O6)cc4)cc3)cc2C1=O. The molecular weight excluding hydrogens is 660 g/mol. The molecule has 0 saturated heterocycles. The van der Waals surface area contributed by atoms with Crippen LogP contribution in [0.3, 0.4) is 0 Å². The number of benzene rings is 4. The number of carbonyl (C=O) groups excluding carboxylic acids is 4. The fourth-order valence-electron chi connectivity index (χ4n) is 4.25. The average Bonchev–Trinajstić information content (AvgIpc) is 3.03. The van der Waals surface area contributed by atoms with Crippen molar-refractivity contribution in [2.75, 3.05) is 0 Å². The molecule has 0 saturated carbocycles. The van der Waals surface area contributed by atoms with E-state index in [9.17, 15) is 36.0 Å². The van der Waals surface area contributed by atoms with Gasteiger partial charge in [0.2, 0.25) is 11.6 Å². The Morgan fingerprint density at radius 2 is 0.830 bits per heavy atom. The number of esters is 2. The van der Waals surface area contributed by atoms with Gasteiger partial charge in [0.25, 0.3) is 0 Å². The molecule has 0 radical (unpaired) electrons. The number of rotatable bonds is 8. The summed E-state index contributed by atoms with van der Waals surface area (Å²) in [6, 6.07) is 16.8. The highest BCUT2D eigenvalue weighted by molar-refractivity contribution is 7.87. The second-order valence-electron chi connectivity index (χ2n) is 9.62. The van der Waals surface area contributed by atoms with Gasteiger partial charge in [0.15, 0.2) is 11.4 Å². The molecule has 2 heterocycles. The van der Waals surface area contributed by atoms with Crippen molar-refractivity contribution in [1.29, 1.82) is 10.8 Å². The van der Waals surface area contributed by atoms with E-state index in [0.29, 0.717) is 0 Å². The number of Topliss-reactive ketones (excluding diaryl/α,β-unsaturated/α-hetero) is 2. The van der Waals surface area contributed by atoms with E-state index in [0.717, 1.165) is 12.1 Å². The second kappa shape index (κ2) is 11.3. The van der Waals surface area contributed by atoms with Crippen LogP contribution < -0.4 is 22.6 Å². The topological polar surface area (TPSA) is 230 Å². The summed E-state index contributed by atoms with van der Waals surface area (Å²) in [5.74, 6) is -4.54. The van der Waals surface area contributed by atoms with Crippen LogP contribution in [-0.4, -0.2) is 51.8 Å². The fourth-order valence-corrected chi connectivity index (χ4v) is 6.09. The predicted molar refractivity (Wildman–Crippen MR) is 157 cm³/mol. The third-order valence-electron chi connectivity index (χ3n) is 6.53. The van der Waals surface area contributed by atoms with Crippen LogP contribution in [0.1, 0.15) is 20.7 Å². The molecule has 2 aliphatic rings. The van der Waals surface area contributed by atoms with Gasteiger partial charge in [-0.25, -0.2) is 9.59 Å². The zero-order chi connectivity index (χ0) is 33.7. The molecule has 0 amide bonds. The molecule has 4 aromatic rings. The minimum absolute atomic E-state index is 0.134. The molecule has 2 aliphatic heterocycles. The van der Waals surface area contributed by atoms with E-state index < -0.39 is 55.2 Å². The molecule has 0 atom stereocenters. The highest BCUT2D eigenvalue weighted by atomic mass is 32.2. The van der Waals surface area contributed by atoms with Crippen molar-refractivity contribution in [2.45, 2.75) is 9.79 Å². The summed E-state index contributed by atoms with van der Waals surface area (Å²) in [4.78, 5) is 46.9. The van der Waals surface area contributed by atoms with E-state index >= 15 is 0 Å². The maximum Gasteiger partial charge on any atom is 0.365 e. The number of nitrogens with one attached hydrogen (secondary N) is 2.